The van der Waals surface area contributed by atoms with E-state index in [0.29, 0.717) is 22.6 Å². The second-order valence-electron chi connectivity index (χ2n) is 4.20. The molecule has 18 heavy (non-hydrogen) atoms. The third-order valence-corrected chi connectivity index (χ3v) is 2.80. The summed E-state index contributed by atoms with van der Waals surface area (Å²) in [6.07, 6.45) is 0. The molecule has 0 atom stereocenters. The second kappa shape index (κ2) is 5.21. The third kappa shape index (κ3) is 2.70. The zero-order chi connectivity index (χ0) is 14.0. The van der Waals surface area contributed by atoms with Crippen LogP contribution in [-0.2, 0) is 9.59 Å². The van der Waals surface area contributed by atoms with Crippen molar-refractivity contribution in [1.82, 2.24) is 0 Å². The van der Waals surface area contributed by atoms with Crippen LogP contribution in [0.2, 0.25) is 0 Å². The number of carbonyl (C=O) groups excluding carboxylic acids is 2. The van der Waals surface area contributed by atoms with Gasteiger partial charge < -0.3 is 9.47 Å². The van der Waals surface area contributed by atoms with E-state index >= 15 is 0 Å². The minimum atomic E-state index is -0.401. The molecule has 0 aliphatic rings. The maximum Gasteiger partial charge on any atom is 0.308 e. The summed E-state index contributed by atoms with van der Waals surface area (Å²) < 4.78 is 10.3. The smallest absolute Gasteiger partial charge is 0.308 e. The average molecular weight is 249 g/mol. The highest BCUT2D eigenvalue weighted by atomic mass is 16.5. The van der Waals surface area contributed by atoms with Crippen LogP contribution in [0.15, 0.2) is 0 Å². The first-order valence-corrected chi connectivity index (χ1v) is 5.58. The van der Waals surface area contributed by atoms with Crippen LogP contribution in [0.1, 0.15) is 36.1 Å². The van der Waals surface area contributed by atoms with E-state index in [1.807, 2.05) is 6.92 Å². The van der Waals surface area contributed by atoms with E-state index in [1.54, 1.807) is 13.8 Å². The van der Waals surface area contributed by atoms with Crippen LogP contribution in [0, 0.1) is 27.7 Å². The number of hydrogen-bond acceptors (Lipinski definition) is 4. The van der Waals surface area contributed by atoms with Crippen molar-refractivity contribution in [1.29, 1.82) is 0 Å². The van der Waals surface area contributed by atoms with E-state index in [0.717, 1.165) is 11.1 Å². The zero-order valence-electron chi connectivity index (χ0n) is 11.3. The van der Waals surface area contributed by atoms with Gasteiger partial charge in [0.15, 0.2) is 0 Å². The minimum absolute atomic E-state index is 0.389. The fourth-order valence-corrected chi connectivity index (χ4v) is 1.73. The van der Waals surface area contributed by atoms with Gasteiger partial charge in [-0.2, -0.15) is 0 Å². The molecule has 0 aliphatic carbocycles. The minimum Gasteiger partial charge on any atom is -0.426 e. The summed E-state index contributed by atoms with van der Waals surface area (Å²) in [6.45, 7) is 11.9. The third-order valence-electron chi connectivity index (χ3n) is 2.80. The fourth-order valence-electron chi connectivity index (χ4n) is 1.73. The van der Waals surface area contributed by atoms with Gasteiger partial charge >= 0.3 is 11.9 Å². The summed E-state index contributed by atoms with van der Waals surface area (Å²) in [7, 11) is 0. The maximum absolute atomic E-state index is 11.1. The van der Waals surface area contributed by atoms with Crippen LogP contribution in [0.5, 0.6) is 11.5 Å². The molecule has 0 amide bonds. The van der Waals surface area contributed by atoms with Gasteiger partial charge in [-0.05, 0) is 44.4 Å². The van der Waals surface area contributed by atoms with E-state index in [2.05, 4.69) is 6.92 Å². The molecule has 1 aromatic carbocycles. The fraction of sp³-hybridized carbons (Fsp3) is 0.357. The quantitative estimate of drug-likeness (QED) is 0.597. The molecule has 4 heteroatoms. The Labute approximate surface area is 107 Å². The second-order valence-corrected chi connectivity index (χ2v) is 4.20. The van der Waals surface area contributed by atoms with Gasteiger partial charge in [-0.1, -0.05) is 0 Å². The molecule has 1 radical (unpaired) electrons. The van der Waals surface area contributed by atoms with Gasteiger partial charge in [-0.15, -0.1) is 0 Å². The van der Waals surface area contributed by atoms with Crippen molar-refractivity contribution in [2.45, 2.75) is 34.6 Å². The van der Waals surface area contributed by atoms with E-state index in [-0.39, 0.29) is 5.97 Å². The molecule has 1 rings (SSSR count). The Kier molecular flexibility index (Phi) is 4.11. The van der Waals surface area contributed by atoms with Gasteiger partial charge in [-0.3, -0.25) is 9.59 Å². The molecule has 0 aliphatic heterocycles. The van der Waals surface area contributed by atoms with Crippen LogP contribution in [0.4, 0.5) is 0 Å². The summed E-state index contributed by atoms with van der Waals surface area (Å²) in [5, 5.41) is 0. The molecule has 0 unspecified atom stereocenters. The molecule has 0 spiro atoms. The van der Waals surface area contributed by atoms with Gasteiger partial charge in [0.2, 0.25) is 0 Å². The number of hydrogen-bond donors (Lipinski definition) is 0. The Morgan fingerprint density at radius 3 is 1.67 bits per heavy atom. The van der Waals surface area contributed by atoms with Gasteiger partial charge in [-0.25, -0.2) is 0 Å². The Balaban J connectivity index is 3.44. The largest absolute Gasteiger partial charge is 0.426 e. The number of benzene rings is 1. The van der Waals surface area contributed by atoms with E-state index in [9.17, 15) is 9.59 Å². The topological polar surface area (TPSA) is 52.6 Å². The van der Waals surface area contributed by atoms with Crippen molar-refractivity contribution in [3.05, 3.63) is 29.2 Å². The van der Waals surface area contributed by atoms with Crippen molar-refractivity contribution < 1.29 is 19.1 Å². The molecule has 1 aromatic rings. The summed E-state index contributed by atoms with van der Waals surface area (Å²) >= 11 is 0. The van der Waals surface area contributed by atoms with Crippen molar-refractivity contribution in [3.8, 4) is 11.5 Å². The predicted octanol–water partition coefficient (Wildman–Crippen LogP) is 2.64. The summed E-state index contributed by atoms with van der Waals surface area (Å²) in [4.78, 5) is 22.1. The normalized spacial score (nSPS) is 10.1. The first kappa shape index (κ1) is 14.2. The van der Waals surface area contributed by atoms with Gasteiger partial charge in [0, 0.05) is 19.4 Å². The summed E-state index contributed by atoms with van der Waals surface area (Å²) in [6, 6.07) is 0. The van der Waals surface area contributed by atoms with Crippen LogP contribution >= 0.6 is 0 Å². The SMILES string of the molecule is [CH2]c1c(C)c(OC(C)=O)c(C)c(C)c1OC(C)=O. The number of carbonyl (C=O) groups is 2. The van der Waals surface area contributed by atoms with Crippen LogP contribution in [-0.4, -0.2) is 11.9 Å². The van der Waals surface area contributed by atoms with Crippen LogP contribution in [0.3, 0.4) is 0 Å². The first-order chi connectivity index (χ1) is 8.25. The molecule has 0 aromatic heterocycles. The summed E-state index contributed by atoms with van der Waals surface area (Å²) in [5.74, 6) is 0.136. The van der Waals surface area contributed by atoms with E-state index in [4.69, 9.17) is 9.47 Å². The van der Waals surface area contributed by atoms with Gasteiger partial charge in [0.25, 0.3) is 0 Å². The molecule has 0 fully saturated rings. The van der Waals surface area contributed by atoms with Crippen molar-refractivity contribution in [2.24, 2.45) is 0 Å². The Morgan fingerprint density at radius 2 is 1.22 bits per heavy atom. The maximum atomic E-state index is 11.1. The lowest BCUT2D eigenvalue weighted by Gasteiger charge is -2.18. The monoisotopic (exact) mass is 249 g/mol. The standard InChI is InChI=1S/C14H17O4/c1-7-8(2)14(18-12(6)16)10(4)9(3)13(7)17-11(5)15/h1H2,2-6H3. The Bertz CT molecular complexity index is 439. The van der Waals surface area contributed by atoms with E-state index in [1.165, 1.54) is 13.8 Å². The molecule has 0 N–H and O–H groups in total. The first-order valence-electron chi connectivity index (χ1n) is 5.58. The summed E-state index contributed by atoms with van der Waals surface area (Å²) in [5.41, 5.74) is 2.78. The van der Waals surface area contributed by atoms with Crippen molar-refractivity contribution in [3.63, 3.8) is 0 Å². The van der Waals surface area contributed by atoms with Crippen molar-refractivity contribution >= 4 is 11.9 Å². The molecule has 0 bridgehead atoms. The highest BCUT2D eigenvalue weighted by molar-refractivity contribution is 5.75. The lowest BCUT2D eigenvalue weighted by atomic mass is 9.98. The van der Waals surface area contributed by atoms with Gasteiger partial charge in [0.1, 0.15) is 11.5 Å². The number of rotatable bonds is 2. The lowest BCUT2D eigenvalue weighted by Crippen LogP contribution is -2.10. The molecular formula is C14H17O4. The molecule has 0 saturated carbocycles. The predicted molar refractivity (Wildman–Crippen MR) is 67.7 cm³/mol. The molecular weight excluding hydrogens is 232 g/mol. The Hall–Kier alpha value is -1.84. The number of esters is 2. The average Bonchev–Trinajstić information content (AvgIpc) is 2.27. The van der Waals surface area contributed by atoms with E-state index < -0.39 is 5.97 Å². The molecule has 4 nitrogen and oxygen atoms in total. The Morgan fingerprint density at radius 1 is 0.833 bits per heavy atom. The molecule has 0 saturated heterocycles. The van der Waals surface area contributed by atoms with Gasteiger partial charge in [0.05, 0.1) is 0 Å². The van der Waals surface area contributed by atoms with Crippen LogP contribution < -0.4 is 9.47 Å². The zero-order valence-corrected chi connectivity index (χ0v) is 11.3. The van der Waals surface area contributed by atoms with Crippen molar-refractivity contribution in [2.75, 3.05) is 0 Å². The number of ether oxygens (including phenoxy) is 2. The lowest BCUT2D eigenvalue weighted by molar-refractivity contribution is -0.133. The molecule has 0 heterocycles. The highest BCUT2D eigenvalue weighted by Gasteiger charge is 2.19. The highest BCUT2D eigenvalue weighted by Crippen LogP contribution is 2.37. The molecule has 97 valence electrons. The van der Waals surface area contributed by atoms with Crippen LogP contribution in [0.25, 0.3) is 0 Å².